The van der Waals surface area contributed by atoms with E-state index in [0.29, 0.717) is 0 Å². The molecule has 0 rings (SSSR count). The van der Waals surface area contributed by atoms with Crippen molar-refractivity contribution in [3.63, 3.8) is 0 Å². The van der Waals surface area contributed by atoms with Crippen LogP contribution in [0.3, 0.4) is 0 Å². The summed E-state index contributed by atoms with van der Waals surface area (Å²) in [6.45, 7) is 23.8. The smallest absolute Gasteiger partial charge is 0.512 e. The Balaban J connectivity index is -0.00000000396. The topological polar surface area (TPSA) is 163 Å². The first-order valence-corrected chi connectivity index (χ1v) is 1.30. The van der Waals surface area contributed by atoms with Gasteiger partial charge in [-0.05, 0) is 0 Å². The molecular formula is C5FeN6Na2O. The third-order valence-electron chi connectivity index (χ3n) is 0. The van der Waals surface area contributed by atoms with Crippen LogP contribution >= 0.6 is 0 Å². The van der Waals surface area contributed by atoms with Gasteiger partial charge in [0.15, 0.2) is 0 Å². The van der Waals surface area contributed by atoms with E-state index in [9.17, 15) is 0 Å². The molecule has 0 saturated heterocycles. The van der Waals surface area contributed by atoms with Crippen LogP contribution in [0.1, 0.15) is 0 Å². The summed E-state index contributed by atoms with van der Waals surface area (Å²) < 4.78 is 7.25. The van der Waals surface area contributed by atoms with Gasteiger partial charge >= 0.3 is 86.4 Å². The molecule has 0 saturated carbocycles. The summed E-state index contributed by atoms with van der Waals surface area (Å²) in [4.78, 5) is 0. The second-order valence-electron chi connectivity index (χ2n) is 0. The van der Waals surface area contributed by atoms with Crippen molar-refractivity contribution < 1.29 is 81.0 Å². The third-order valence-corrected chi connectivity index (χ3v) is 0. The fourth-order valence-electron chi connectivity index (χ4n) is 0. The average Bonchev–Trinajstić information content (AvgIpc) is 2.33. The molecule has 0 heterocycles. The molecule has 0 aromatic carbocycles. The van der Waals surface area contributed by atoms with Crippen LogP contribution in [0.15, 0.2) is 0 Å². The predicted octanol–water partition coefficient (Wildman–Crippen LogP) is -5.62. The van der Waals surface area contributed by atoms with Crippen LogP contribution in [-0.2, 0) is 21.8 Å². The van der Waals surface area contributed by atoms with Gasteiger partial charge in [-0.25, -0.2) is 0 Å². The molecule has 0 spiro atoms. The number of nitrogens with zero attached hydrogens (tertiary/aromatic N) is 6. The molecule has 0 radical (unpaired) electrons. The van der Waals surface area contributed by atoms with Gasteiger partial charge in [0.2, 0.25) is 0 Å². The van der Waals surface area contributed by atoms with E-state index in [2.05, 4.69) is 0 Å². The Kier molecular flexibility index (Phi) is 95700. The molecule has 0 aliphatic heterocycles. The molecule has 0 atom stereocenters. The van der Waals surface area contributed by atoms with E-state index in [1.807, 2.05) is 0 Å². The number of hydrogen-bond donors (Lipinski definition) is 0. The van der Waals surface area contributed by atoms with Gasteiger partial charge in [0.05, 0.1) is 0 Å². The molecule has 7 nitrogen and oxygen atoms in total. The van der Waals surface area contributed by atoms with E-state index in [1.54, 1.807) is 0 Å². The summed E-state index contributed by atoms with van der Waals surface area (Å²) in [6, 6.07) is 0. The first-order chi connectivity index (χ1) is 6.00. The van der Waals surface area contributed by atoms with E-state index in [0.717, 1.165) is 0 Å². The molecule has 15 heavy (non-hydrogen) atoms. The van der Waals surface area contributed by atoms with Crippen molar-refractivity contribution in [2.75, 3.05) is 0 Å². The summed E-state index contributed by atoms with van der Waals surface area (Å²) in [7, 11) is 0. The molecule has 0 aliphatic rings. The zero-order valence-corrected chi connectivity index (χ0v) is 13.0. The maximum Gasteiger partial charge on any atom is 2.00 e. The molecule has 0 aliphatic carbocycles. The monoisotopic (exact) mass is 262 g/mol. The van der Waals surface area contributed by atoms with Crippen molar-refractivity contribution in [3.05, 3.63) is 32.9 Å². The number of hydrogen-bond acceptors (Lipinski definition) is 6. The average molecular weight is 262 g/mol. The number of rotatable bonds is 0. The first kappa shape index (κ1) is 85.6. The molecule has 0 unspecified atom stereocenters. The maximum atomic E-state index is 7.25. The molecule has 0 bridgehead atoms. The Labute approximate surface area is 144 Å². The standard InChI is InChI=1S/5CN.Fe.NO.2Na/c5*1-2;;1-2;;/q5*-1;+2;3*+1. The van der Waals surface area contributed by atoms with Gasteiger partial charge in [-0.15, -0.1) is 0 Å². The molecule has 66 valence electrons. The summed E-state index contributed by atoms with van der Waals surface area (Å²) in [6.07, 6.45) is 0. The summed E-state index contributed by atoms with van der Waals surface area (Å²) >= 11 is 0. The van der Waals surface area contributed by atoms with E-state index >= 15 is 0 Å². The van der Waals surface area contributed by atoms with Crippen LogP contribution in [0, 0.1) is 64.6 Å². The van der Waals surface area contributed by atoms with Gasteiger partial charge in [-0.3, -0.25) is 0 Å². The van der Waals surface area contributed by atoms with Crippen molar-refractivity contribution in [1.29, 1.82) is 31.8 Å². The van der Waals surface area contributed by atoms with E-state index in [-0.39, 0.29) is 76.2 Å². The quantitative estimate of drug-likeness (QED) is 0.240. The van der Waals surface area contributed by atoms with Crippen LogP contribution in [0.2, 0.25) is 0 Å². The van der Waals surface area contributed by atoms with Crippen LogP contribution in [0.4, 0.5) is 0 Å². The van der Waals surface area contributed by atoms with Gasteiger partial charge in [-0.2, -0.15) is 0 Å². The molecule has 0 fully saturated rings. The van der Waals surface area contributed by atoms with Gasteiger partial charge in [0, 0.05) is 0 Å². The van der Waals surface area contributed by atoms with Crippen LogP contribution in [0.25, 0.3) is 0 Å². The first-order valence-electron chi connectivity index (χ1n) is 1.30. The minimum absolute atomic E-state index is 0. The van der Waals surface area contributed by atoms with Crippen molar-refractivity contribution in [2.24, 2.45) is 0 Å². The van der Waals surface area contributed by atoms with Crippen molar-refractivity contribution in [2.45, 2.75) is 0 Å². The maximum absolute atomic E-state index is 7.25. The Hall–Kier alpha value is -0.361. The minimum Gasteiger partial charge on any atom is -0.512 e. The molecule has 10 heteroatoms. The fourth-order valence-corrected chi connectivity index (χ4v) is 0. The Morgan fingerprint density at radius 2 is 0.467 bits per heavy atom. The SMILES string of the molecule is N#[O+].[C-]#N.[C-]#N.[C-]#N.[C-]#N.[C-]#N.[Fe+2].[Na+].[Na+]. The Bertz CT molecular complexity index is 105. The molecular weight excluding hydrogens is 262 g/mol. The zero-order valence-electron chi connectivity index (χ0n) is 7.95. The van der Waals surface area contributed by atoms with Gasteiger partial charge < -0.3 is 59.2 Å². The van der Waals surface area contributed by atoms with E-state index in [4.69, 9.17) is 69.4 Å². The zero-order chi connectivity index (χ0) is 12.0. The molecule has 0 amide bonds. The summed E-state index contributed by atoms with van der Waals surface area (Å²) in [5.41, 5.74) is 5.75. The summed E-state index contributed by atoms with van der Waals surface area (Å²) in [5.74, 6) is 0. The van der Waals surface area contributed by atoms with Crippen molar-refractivity contribution in [3.8, 4) is 0 Å². The molecule has 0 aromatic heterocycles. The van der Waals surface area contributed by atoms with Gasteiger partial charge in [0.1, 0.15) is 0 Å². The summed E-state index contributed by atoms with van der Waals surface area (Å²) in [5, 5.41) is 31.2. The molecule has 0 N–H and O–H groups in total. The van der Waals surface area contributed by atoms with Gasteiger partial charge in [-0.1, -0.05) is 0 Å². The largest absolute Gasteiger partial charge is 2.00 e. The van der Waals surface area contributed by atoms with E-state index < -0.39 is 0 Å². The Morgan fingerprint density at radius 3 is 0.467 bits per heavy atom. The Morgan fingerprint density at radius 1 is 0.467 bits per heavy atom. The predicted molar refractivity (Wildman–Crippen MR) is 27.3 cm³/mol. The third kappa shape index (κ3) is 14200. The molecule has 0 aromatic rings. The van der Waals surface area contributed by atoms with Crippen LogP contribution in [0.5, 0.6) is 0 Å². The van der Waals surface area contributed by atoms with Crippen molar-refractivity contribution in [1.82, 2.24) is 0 Å². The van der Waals surface area contributed by atoms with Crippen LogP contribution < -0.4 is 59.1 Å². The van der Waals surface area contributed by atoms with Crippen molar-refractivity contribution >= 4 is 0 Å². The second-order valence-corrected chi connectivity index (χ2v) is 0. The minimum atomic E-state index is 0. The second kappa shape index (κ2) is 16800. The van der Waals surface area contributed by atoms with Gasteiger partial charge in [0.25, 0.3) is 0 Å². The van der Waals surface area contributed by atoms with Crippen LogP contribution in [-0.4, -0.2) is 0 Å². The van der Waals surface area contributed by atoms with E-state index in [1.165, 1.54) is 0 Å². The normalized spacial score (nSPS) is 0.800. The fraction of sp³-hybridized carbons (Fsp3) is 0.